The molecule has 0 amide bonds. The molecule has 1 aliphatic rings. The fraction of sp³-hybridized carbons (Fsp3) is 0.400. The molecule has 0 bridgehead atoms. The van der Waals surface area contributed by atoms with Gasteiger partial charge in [-0.05, 0) is 30.5 Å². The van der Waals surface area contributed by atoms with Crippen LogP contribution in [0.15, 0.2) is 30.3 Å². The van der Waals surface area contributed by atoms with Crippen molar-refractivity contribution in [1.82, 2.24) is 15.0 Å². The Kier molecular flexibility index (Phi) is 4.20. The van der Waals surface area contributed by atoms with Crippen LogP contribution in [0.4, 0.5) is 11.9 Å². The van der Waals surface area contributed by atoms with Crippen LogP contribution in [0.1, 0.15) is 24.8 Å². The van der Waals surface area contributed by atoms with Gasteiger partial charge in [-0.25, -0.2) is 0 Å². The van der Waals surface area contributed by atoms with Crippen LogP contribution in [-0.4, -0.2) is 34.6 Å². The Balaban J connectivity index is 1.77. The Morgan fingerprint density at radius 1 is 1.24 bits per heavy atom. The van der Waals surface area contributed by atoms with E-state index in [0.717, 1.165) is 26.1 Å². The molecule has 1 unspecified atom stereocenters. The van der Waals surface area contributed by atoms with E-state index < -0.39 is 0 Å². The first-order chi connectivity index (χ1) is 10.3. The van der Waals surface area contributed by atoms with Crippen molar-refractivity contribution >= 4 is 23.5 Å². The SMILES string of the molecule is CCNc1nc(Cl)nc(N2CCC(c3ccccc3)C2)n1. The largest absolute Gasteiger partial charge is 0.354 e. The van der Waals surface area contributed by atoms with Gasteiger partial charge in [0.1, 0.15) is 0 Å². The van der Waals surface area contributed by atoms with Crippen LogP contribution in [0.5, 0.6) is 0 Å². The molecule has 2 aromatic rings. The van der Waals surface area contributed by atoms with Crippen molar-refractivity contribution in [2.45, 2.75) is 19.3 Å². The van der Waals surface area contributed by atoms with Gasteiger partial charge in [-0.15, -0.1) is 0 Å². The Hall–Kier alpha value is -1.88. The summed E-state index contributed by atoms with van der Waals surface area (Å²) in [6, 6.07) is 10.6. The lowest BCUT2D eigenvalue weighted by Gasteiger charge is -2.17. The minimum atomic E-state index is 0.235. The lowest BCUT2D eigenvalue weighted by Crippen LogP contribution is -2.22. The van der Waals surface area contributed by atoms with Crippen LogP contribution >= 0.6 is 11.6 Å². The third kappa shape index (κ3) is 3.24. The van der Waals surface area contributed by atoms with Gasteiger partial charge in [-0.3, -0.25) is 0 Å². The van der Waals surface area contributed by atoms with Crippen LogP contribution in [0, 0.1) is 0 Å². The summed E-state index contributed by atoms with van der Waals surface area (Å²) < 4.78 is 0. The molecule has 1 atom stereocenters. The highest BCUT2D eigenvalue weighted by Crippen LogP contribution is 2.29. The first-order valence-electron chi connectivity index (χ1n) is 7.21. The van der Waals surface area contributed by atoms with Gasteiger partial charge in [0.05, 0.1) is 0 Å². The minimum absolute atomic E-state index is 0.235. The molecular formula is C15H18ClN5. The Bertz CT molecular complexity index is 604. The number of benzene rings is 1. The van der Waals surface area contributed by atoms with E-state index >= 15 is 0 Å². The monoisotopic (exact) mass is 303 g/mol. The average molecular weight is 304 g/mol. The highest BCUT2D eigenvalue weighted by Gasteiger charge is 2.26. The van der Waals surface area contributed by atoms with E-state index in [1.54, 1.807) is 0 Å². The molecule has 0 spiro atoms. The van der Waals surface area contributed by atoms with E-state index in [9.17, 15) is 0 Å². The van der Waals surface area contributed by atoms with Crippen LogP contribution in [0.2, 0.25) is 5.28 Å². The Labute approximate surface area is 129 Å². The molecule has 1 aromatic carbocycles. The topological polar surface area (TPSA) is 53.9 Å². The van der Waals surface area contributed by atoms with Gasteiger partial charge in [0.15, 0.2) is 0 Å². The molecule has 3 rings (SSSR count). The van der Waals surface area contributed by atoms with Crippen molar-refractivity contribution in [2.75, 3.05) is 29.9 Å². The summed E-state index contributed by atoms with van der Waals surface area (Å²) in [6.07, 6.45) is 1.10. The predicted octanol–water partition coefficient (Wildman–Crippen LogP) is 2.95. The Morgan fingerprint density at radius 2 is 2.05 bits per heavy atom. The normalized spacial score (nSPS) is 18.0. The van der Waals surface area contributed by atoms with Crippen LogP contribution in [-0.2, 0) is 0 Å². The second-order valence-corrected chi connectivity index (χ2v) is 5.44. The highest BCUT2D eigenvalue weighted by molar-refractivity contribution is 6.28. The van der Waals surface area contributed by atoms with Crippen LogP contribution in [0.25, 0.3) is 0 Å². The number of rotatable bonds is 4. The first-order valence-corrected chi connectivity index (χ1v) is 7.59. The maximum Gasteiger partial charge on any atom is 0.231 e. The van der Waals surface area contributed by atoms with Gasteiger partial charge in [-0.2, -0.15) is 15.0 Å². The lowest BCUT2D eigenvalue weighted by molar-refractivity contribution is 0.772. The summed E-state index contributed by atoms with van der Waals surface area (Å²) in [5, 5.41) is 3.32. The average Bonchev–Trinajstić information content (AvgIpc) is 2.98. The first kappa shape index (κ1) is 14.1. The van der Waals surface area contributed by atoms with E-state index in [2.05, 4.69) is 49.4 Å². The zero-order chi connectivity index (χ0) is 14.7. The highest BCUT2D eigenvalue weighted by atomic mass is 35.5. The Morgan fingerprint density at radius 3 is 2.81 bits per heavy atom. The van der Waals surface area contributed by atoms with Gasteiger partial charge in [0, 0.05) is 25.6 Å². The number of hydrogen-bond acceptors (Lipinski definition) is 5. The third-order valence-corrected chi connectivity index (χ3v) is 3.84. The van der Waals surface area contributed by atoms with E-state index in [0.29, 0.717) is 17.8 Å². The van der Waals surface area contributed by atoms with Crippen molar-refractivity contribution < 1.29 is 0 Å². The van der Waals surface area contributed by atoms with Gasteiger partial charge >= 0.3 is 0 Å². The molecule has 6 heteroatoms. The van der Waals surface area contributed by atoms with Crippen molar-refractivity contribution in [3.8, 4) is 0 Å². The smallest absolute Gasteiger partial charge is 0.231 e. The summed E-state index contributed by atoms with van der Waals surface area (Å²) in [7, 11) is 0. The summed E-state index contributed by atoms with van der Waals surface area (Å²) in [5.74, 6) is 1.71. The fourth-order valence-electron chi connectivity index (χ4n) is 2.66. The van der Waals surface area contributed by atoms with E-state index in [1.807, 2.05) is 13.0 Å². The number of nitrogens with one attached hydrogen (secondary N) is 1. The van der Waals surface area contributed by atoms with Gasteiger partial charge in [0.25, 0.3) is 0 Å². The molecule has 1 fully saturated rings. The number of hydrogen-bond donors (Lipinski definition) is 1. The molecular weight excluding hydrogens is 286 g/mol. The molecule has 0 saturated carbocycles. The number of aromatic nitrogens is 3. The van der Waals surface area contributed by atoms with Crippen molar-refractivity contribution in [1.29, 1.82) is 0 Å². The van der Waals surface area contributed by atoms with Crippen LogP contribution < -0.4 is 10.2 Å². The van der Waals surface area contributed by atoms with E-state index in [4.69, 9.17) is 11.6 Å². The summed E-state index contributed by atoms with van der Waals surface area (Å²) >= 11 is 5.99. The molecule has 1 aliphatic heterocycles. The molecule has 110 valence electrons. The summed E-state index contributed by atoms with van der Waals surface area (Å²) in [6.45, 7) is 4.60. The molecule has 0 aliphatic carbocycles. The van der Waals surface area contributed by atoms with Gasteiger partial charge in [0.2, 0.25) is 17.2 Å². The quantitative estimate of drug-likeness (QED) is 0.941. The third-order valence-electron chi connectivity index (χ3n) is 3.67. The lowest BCUT2D eigenvalue weighted by atomic mass is 9.99. The van der Waals surface area contributed by atoms with Crippen LogP contribution in [0.3, 0.4) is 0 Å². The number of anilines is 2. The zero-order valence-corrected chi connectivity index (χ0v) is 12.7. The van der Waals surface area contributed by atoms with Gasteiger partial charge in [-0.1, -0.05) is 30.3 Å². The minimum Gasteiger partial charge on any atom is -0.354 e. The second kappa shape index (κ2) is 6.26. The zero-order valence-electron chi connectivity index (χ0n) is 12.0. The molecule has 21 heavy (non-hydrogen) atoms. The summed E-state index contributed by atoms with van der Waals surface area (Å²) in [5.41, 5.74) is 1.37. The predicted molar refractivity (Wildman–Crippen MR) is 85.0 cm³/mol. The summed E-state index contributed by atoms with van der Waals surface area (Å²) in [4.78, 5) is 14.9. The second-order valence-electron chi connectivity index (χ2n) is 5.10. The van der Waals surface area contributed by atoms with Crippen molar-refractivity contribution in [3.63, 3.8) is 0 Å². The molecule has 5 nitrogen and oxygen atoms in total. The van der Waals surface area contributed by atoms with E-state index in [1.165, 1.54) is 5.56 Å². The number of halogens is 1. The van der Waals surface area contributed by atoms with E-state index in [-0.39, 0.29) is 5.28 Å². The molecule has 1 N–H and O–H groups in total. The molecule has 1 saturated heterocycles. The molecule has 2 heterocycles. The van der Waals surface area contributed by atoms with Gasteiger partial charge < -0.3 is 10.2 Å². The maximum atomic E-state index is 5.99. The molecule has 0 radical (unpaired) electrons. The number of nitrogens with zero attached hydrogens (tertiary/aromatic N) is 4. The van der Waals surface area contributed by atoms with Crippen molar-refractivity contribution in [3.05, 3.63) is 41.2 Å². The standard InChI is InChI=1S/C15H18ClN5/c1-2-17-14-18-13(16)19-15(20-14)21-9-8-12(10-21)11-6-4-3-5-7-11/h3-7,12H,2,8-10H2,1H3,(H,17,18,19,20). The molecule has 1 aromatic heterocycles. The maximum absolute atomic E-state index is 5.99. The fourth-order valence-corrected chi connectivity index (χ4v) is 2.81. The van der Waals surface area contributed by atoms with Crippen molar-refractivity contribution in [2.24, 2.45) is 0 Å².